The molecule has 1 N–H and O–H groups in total. The Morgan fingerprint density at radius 3 is 2.34 bits per heavy atom. The summed E-state index contributed by atoms with van der Waals surface area (Å²) in [5.41, 5.74) is 0. The quantitative estimate of drug-likeness (QED) is 0.615. The van der Waals surface area contributed by atoms with Gasteiger partial charge in [0, 0.05) is 69.0 Å². The maximum atomic E-state index is 13.2. The zero-order valence-electron chi connectivity index (χ0n) is 18.7. The van der Waals surface area contributed by atoms with Gasteiger partial charge in [-0.2, -0.15) is 17.5 Å². The van der Waals surface area contributed by atoms with Gasteiger partial charge in [0.1, 0.15) is 0 Å². The highest BCUT2D eigenvalue weighted by Crippen LogP contribution is 2.26. The minimum atomic E-state index is -5.08. The van der Waals surface area contributed by atoms with Crippen LogP contribution in [0.25, 0.3) is 10.8 Å². The lowest BCUT2D eigenvalue weighted by molar-refractivity contribution is -0.192. The van der Waals surface area contributed by atoms with Crippen LogP contribution in [0, 0.1) is 0 Å². The zero-order chi connectivity index (χ0) is 26.0. The zero-order valence-corrected chi connectivity index (χ0v) is 20.4. The minimum Gasteiger partial charge on any atom is -0.475 e. The van der Waals surface area contributed by atoms with E-state index in [1.54, 1.807) is 37.6 Å². The van der Waals surface area contributed by atoms with Gasteiger partial charge in [-0.15, -0.1) is 0 Å². The highest BCUT2D eigenvalue weighted by atomic mass is 32.2. The molecule has 4 rings (SSSR count). The summed E-state index contributed by atoms with van der Waals surface area (Å²) >= 11 is 0. The fourth-order valence-corrected chi connectivity index (χ4v) is 7.07. The monoisotopic (exact) mass is 538 g/mol. The summed E-state index contributed by atoms with van der Waals surface area (Å²) in [5, 5.41) is 8.60. The fourth-order valence-electron chi connectivity index (χ4n) is 3.95. The van der Waals surface area contributed by atoms with Gasteiger partial charge in [0.2, 0.25) is 20.0 Å². The molecule has 1 aromatic carbocycles. The Bertz CT molecular complexity index is 1270. The topological polar surface area (TPSA) is 128 Å². The Kier molecular flexibility index (Phi) is 8.06. The lowest BCUT2D eigenvalue weighted by Crippen LogP contribution is -2.51. The molecule has 0 radical (unpaired) electrons. The van der Waals surface area contributed by atoms with E-state index in [0.29, 0.717) is 49.4 Å². The van der Waals surface area contributed by atoms with E-state index in [-0.39, 0.29) is 11.8 Å². The van der Waals surface area contributed by atoms with Crippen molar-refractivity contribution in [3.8, 4) is 0 Å². The van der Waals surface area contributed by atoms with Crippen molar-refractivity contribution in [3.63, 3.8) is 0 Å². The highest BCUT2D eigenvalue weighted by Gasteiger charge is 2.38. The van der Waals surface area contributed by atoms with E-state index in [1.165, 1.54) is 8.61 Å². The molecule has 2 saturated heterocycles. The predicted molar refractivity (Wildman–Crippen MR) is 121 cm³/mol. The smallest absolute Gasteiger partial charge is 0.475 e. The summed E-state index contributed by atoms with van der Waals surface area (Å²) in [4.78, 5) is 15.4. The third-order valence-corrected chi connectivity index (χ3v) is 9.85. The number of fused-ring (bicyclic) bond motifs is 1. The number of halogens is 3. The van der Waals surface area contributed by atoms with E-state index in [2.05, 4.69) is 9.88 Å². The van der Waals surface area contributed by atoms with Gasteiger partial charge in [0.25, 0.3) is 0 Å². The molecule has 2 fully saturated rings. The van der Waals surface area contributed by atoms with E-state index in [4.69, 9.17) is 9.90 Å². The van der Waals surface area contributed by atoms with Crippen LogP contribution in [0.2, 0.25) is 0 Å². The number of likely N-dealkylation sites (N-methyl/N-ethyl adjacent to an activating group) is 1. The summed E-state index contributed by atoms with van der Waals surface area (Å²) in [6, 6.07) is 6.94. The first-order valence-electron chi connectivity index (χ1n) is 10.5. The van der Waals surface area contributed by atoms with Gasteiger partial charge in [-0.05, 0) is 18.6 Å². The normalized spacial score (nSPS) is 22.0. The van der Waals surface area contributed by atoms with Gasteiger partial charge in [-0.25, -0.2) is 25.9 Å². The molecular formula is C20H25F3N4O6S2. The number of hydrogen-bond acceptors (Lipinski definition) is 7. The molecule has 1 atom stereocenters. The number of nitrogens with zero attached hydrogens (tertiary/aromatic N) is 4. The number of aromatic nitrogens is 1. The van der Waals surface area contributed by atoms with Gasteiger partial charge in [-0.3, -0.25) is 9.88 Å². The van der Waals surface area contributed by atoms with Gasteiger partial charge in [-0.1, -0.05) is 12.1 Å². The van der Waals surface area contributed by atoms with E-state index >= 15 is 0 Å². The van der Waals surface area contributed by atoms with Crippen molar-refractivity contribution >= 4 is 36.8 Å². The van der Waals surface area contributed by atoms with Crippen LogP contribution >= 0.6 is 0 Å². The van der Waals surface area contributed by atoms with Crippen molar-refractivity contribution in [2.75, 3.05) is 45.5 Å². The molecule has 10 nitrogen and oxygen atoms in total. The van der Waals surface area contributed by atoms with Gasteiger partial charge >= 0.3 is 12.1 Å². The summed E-state index contributed by atoms with van der Waals surface area (Å²) < 4.78 is 84.8. The van der Waals surface area contributed by atoms with Crippen molar-refractivity contribution in [2.45, 2.75) is 23.5 Å². The number of carboxylic acids is 1. The molecule has 0 bridgehead atoms. The molecule has 1 aromatic heterocycles. The lowest BCUT2D eigenvalue weighted by Gasteiger charge is -2.36. The van der Waals surface area contributed by atoms with Crippen molar-refractivity contribution in [1.82, 2.24) is 18.5 Å². The van der Waals surface area contributed by atoms with Crippen LogP contribution in [0.3, 0.4) is 0 Å². The second-order valence-electron chi connectivity index (χ2n) is 8.14. The van der Waals surface area contributed by atoms with Crippen LogP contribution in [0.5, 0.6) is 0 Å². The maximum Gasteiger partial charge on any atom is 0.490 e. The summed E-state index contributed by atoms with van der Waals surface area (Å²) in [7, 11) is -5.09. The van der Waals surface area contributed by atoms with Crippen LogP contribution in [0.1, 0.15) is 6.42 Å². The van der Waals surface area contributed by atoms with Crippen molar-refractivity contribution < 1.29 is 39.9 Å². The first-order chi connectivity index (χ1) is 16.2. The van der Waals surface area contributed by atoms with E-state index in [0.717, 1.165) is 5.39 Å². The standard InChI is InChI=1S/C18H24N4O4S2.C2HF3O2/c1-20-16(6-12-27(20,23)24)14-21-8-10-22(11-9-21)28(25,26)18-4-2-3-15-13-19-7-5-17(15)18;3-2(4,5)1(6)7/h2-5,7,13,16H,6,8-12,14H2,1H3;(H,6,7). The van der Waals surface area contributed by atoms with Crippen molar-refractivity contribution in [2.24, 2.45) is 0 Å². The molecule has 194 valence electrons. The van der Waals surface area contributed by atoms with Gasteiger partial charge < -0.3 is 5.11 Å². The molecule has 0 aliphatic carbocycles. The average Bonchev–Trinajstić information content (AvgIpc) is 3.05. The number of hydrogen-bond donors (Lipinski definition) is 1. The third kappa shape index (κ3) is 6.27. The van der Waals surface area contributed by atoms with Crippen LogP contribution in [0.15, 0.2) is 41.6 Å². The second-order valence-corrected chi connectivity index (χ2v) is 12.2. The number of benzene rings is 1. The van der Waals surface area contributed by atoms with Crippen LogP contribution in [-0.2, 0) is 24.8 Å². The Morgan fingerprint density at radius 2 is 1.80 bits per heavy atom. The number of carbonyl (C=O) groups is 1. The van der Waals surface area contributed by atoms with Crippen molar-refractivity contribution in [3.05, 3.63) is 36.7 Å². The third-order valence-electron chi connectivity index (χ3n) is 5.96. The number of aliphatic carboxylic acids is 1. The Labute approximate surface area is 201 Å². The predicted octanol–water partition coefficient (Wildman–Crippen LogP) is 1.21. The summed E-state index contributed by atoms with van der Waals surface area (Å²) in [5.74, 6) is -2.56. The fraction of sp³-hybridized carbons (Fsp3) is 0.500. The first-order valence-corrected chi connectivity index (χ1v) is 13.6. The Morgan fingerprint density at radius 1 is 1.17 bits per heavy atom. The average molecular weight is 539 g/mol. The molecule has 35 heavy (non-hydrogen) atoms. The van der Waals surface area contributed by atoms with Crippen LogP contribution in [0.4, 0.5) is 13.2 Å². The van der Waals surface area contributed by atoms with Crippen molar-refractivity contribution in [1.29, 1.82) is 0 Å². The van der Waals surface area contributed by atoms with E-state index in [1.807, 2.05) is 6.07 Å². The largest absolute Gasteiger partial charge is 0.490 e. The SMILES string of the molecule is CN1C(CN2CCN(S(=O)(=O)c3cccc4cnccc34)CC2)CCS1(=O)=O.O=C(O)C(F)(F)F. The molecular weight excluding hydrogens is 513 g/mol. The maximum absolute atomic E-state index is 13.2. The number of carboxylic acid groups (broad SMARTS) is 1. The molecule has 15 heteroatoms. The van der Waals surface area contributed by atoms with Crippen LogP contribution in [-0.4, -0.2) is 104 Å². The highest BCUT2D eigenvalue weighted by molar-refractivity contribution is 7.89. The first kappa shape index (κ1) is 27.3. The molecule has 1 unspecified atom stereocenters. The molecule has 2 aliphatic rings. The Balaban J connectivity index is 0.000000429. The minimum absolute atomic E-state index is 0.0290. The number of piperazine rings is 1. The van der Waals surface area contributed by atoms with Gasteiger partial charge in [0.15, 0.2) is 0 Å². The molecule has 2 aliphatic heterocycles. The Hall–Kier alpha value is -2.33. The summed E-state index contributed by atoms with van der Waals surface area (Å²) in [6.45, 7) is 2.62. The molecule has 0 amide bonds. The van der Waals surface area contributed by atoms with E-state index < -0.39 is 32.2 Å². The number of pyridine rings is 1. The number of rotatable bonds is 4. The lowest BCUT2D eigenvalue weighted by atomic mass is 10.2. The molecule has 0 spiro atoms. The van der Waals surface area contributed by atoms with E-state index in [9.17, 15) is 30.0 Å². The van der Waals surface area contributed by atoms with Gasteiger partial charge in [0.05, 0.1) is 10.6 Å². The second kappa shape index (κ2) is 10.3. The van der Waals surface area contributed by atoms with Crippen LogP contribution < -0.4 is 0 Å². The number of alkyl halides is 3. The summed E-state index contributed by atoms with van der Waals surface area (Å²) in [6.07, 6.45) is -1.19. The molecule has 2 aromatic rings. The number of sulfonamides is 2. The molecule has 3 heterocycles. The molecule has 0 saturated carbocycles.